The molecule has 1 saturated heterocycles. The minimum Gasteiger partial charge on any atom is -0.340 e. The Kier molecular flexibility index (Phi) is 9.83. The van der Waals surface area contributed by atoms with E-state index in [1.54, 1.807) is 12.1 Å². The number of benzene rings is 1. The molecule has 6 nitrogen and oxygen atoms in total. The van der Waals surface area contributed by atoms with Crippen LogP contribution in [0.3, 0.4) is 0 Å². The quantitative estimate of drug-likeness (QED) is 0.827. The number of amides is 2. The Balaban J connectivity index is 0.00000242. The molecular formula is C15H24Cl2N4O2. The van der Waals surface area contributed by atoms with Crippen LogP contribution in [0.25, 0.3) is 0 Å². The predicted octanol–water partition coefficient (Wildman–Crippen LogP) is 0.744. The molecule has 2 amide bonds. The van der Waals surface area contributed by atoms with E-state index in [0.717, 1.165) is 31.7 Å². The number of rotatable bonds is 4. The molecule has 1 heterocycles. The highest BCUT2D eigenvalue weighted by Crippen LogP contribution is 2.11. The zero-order valence-corrected chi connectivity index (χ0v) is 14.8. The van der Waals surface area contributed by atoms with Crippen LogP contribution >= 0.6 is 24.8 Å². The van der Waals surface area contributed by atoms with Crippen LogP contribution in [0.5, 0.6) is 0 Å². The summed E-state index contributed by atoms with van der Waals surface area (Å²) in [6, 6.07) is 7.31. The van der Waals surface area contributed by atoms with Gasteiger partial charge in [0, 0.05) is 31.9 Å². The second kappa shape index (κ2) is 10.4. The van der Waals surface area contributed by atoms with Gasteiger partial charge >= 0.3 is 0 Å². The molecule has 1 aromatic rings. The molecule has 0 spiro atoms. The molecule has 0 atom stereocenters. The lowest BCUT2D eigenvalue weighted by molar-refractivity contribution is -0.132. The van der Waals surface area contributed by atoms with Crippen LogP contribution in [0.1, 0.15) is 5.56 Å². The summed E-state index contributed by atoms with van der Waals surface area (Å²) in [5.41, 5.74) is 6.89. The molecule has 1 aliphatic rings. The van der Waals surface area contributed by atoms with Gasteiger partial charge in [0.25, 0.3) is 0 Å². The number of halogens is 2. The van der Waals surface area contributed by atoms with Gasteiger partial charge in [0.2, 0.25) is 11.8 Å². The number of anilines is 1. The zero-order valence-electron chi connectivity index (χ0n) is 13.2. The minimum absolute atomic E-state index is 0. The first-order chi connectivity index (χ1) is 10.1. The normalized spacial score (nSPS) is 14.4. The van der Waals surface area contributed by atoms with Crippen molar-refractivity contribution in [2.45, 2.75) is 6.42 Å². The lowest BCUT2D eigenvalue weighted by atomic mass is 10.1. The first kappa shape index (κ1) is 21.7. The number of carbonyl (C=O) groups is 2. The lowest BCUT2D eigenvalue weighted by Crippen LogP contribution is -2.47. The molecule has 1 fully saturated rings. The molecular weight excluding hydrogens is 339 g/mol. The first-order valence-corrected chi connectivity index (χ1v) is 7.13. The number of hydrogen-bond donors (Lipinski definition) is 2. The number of carbonyl (C=O) groups excluding carboxylic acids is 2. The van der Waals surface area contributed by atoms with Crippen molar-refractivity contribution < 1.29 is 9.59 Å². The molecule has 0 radical (unpaired) electrons. The van der Waals surface area contributed by atoms with Gasteiger partial charge in [0.05, 0.1) is 13.0 Å². The second-order valence-corrected chi connectivity index (χ2v) is 5.31. The molecule has 0 bridgehead atoms. The maximum Gasteiger partial charge on any atom is 0.238 e. The van der Waals surface area contributed by atoms with Crippen LogP contribution in [0.15, 0.2) is 24.3 Å². The van der Waals surface area contributed by atoms with Crippen molar-refractivity contribution >= 4 is 42.3 Å². The summed E-state index contributed by atoms with van der Waals surface area (Å²) < 4.78 is 0. The third-order valence-electron chi connectivity index (χ3n) is 3.63. The fourth-order valence-corrected chi connectivity index (χ4v) is 2.26. The van der Waals surface area contributed by atoms with Gasteiger partial charge in [-0.25, -0.2) is 0 Å². The molecule has 0 saturated carbocycles. The number of nitrogens with two attached hydrogens (primary N) is 1. The van der Waals surface area contributed by atoms with E-state index in [1.807, 2.05) is 17.0 Å². The van der Waals surface area contributed by atoms with Crippen molar-refractivity contribution in [2.75, 3.05) is 45.1 Å². The lowest BCUT2D eigenvalue weighted by Gasteiger charge is -2.32. The molecule has 1 aliphatic heterocycles. The van der Waals surface area contributed by atoms with E-state index in [4.69, 9.17) is 5.73 Å². The van der Waals surface area contributed by atoms with Crippen molar-refractivity contribution in [3.63, 3.8) is 0 Å². The van der Waals surface area contributed by atoms with Crippen molar-refractivity contribution in [2.24, 2.45) is 5.73 Å². The van der Waals surface area contributed by atoms with Crippen LogP contribution < -0.4 is 11.1 Å². The Bertz CT molecular complexity index is 503. The van der Waals surface area contributed by atoms with Crippen molar-refractivity contribution in [1.29, 1.82) is 0 Å². The Morgan fingerprint density at radius 1 is 1.09 bits per heavy atom. The van der Waals surface area contributed by atoms with Crippen LogP contribution in [0.4, 0.5) is 5.69 Å². The number of nitrogens with one attached hydrogen (secondary N) is 1. The SMILES string of the molecule is CN1CCN(C(=O)Cc2ccc(NC(=O)CN)cc2)CC1.Cl.Cl. The maximum atomic E-state index is 12.2. The largest absolute Gasteiger partial charge is 0.340 e. The van der Waals surface area contributed by atoms with Crippen molar-refractivity contribution in [1.82, 2.24) is 9.80 Å². The molecule has 2 rings (SSSR count). The molecule has 23 heavy (non-hydrogen) atoms. The van der Waals surface area contributed by atoms with Gasteiger partial charge in [-0.1, -0.05) is 12.1 Å². The van der Waals surface area contributed by atoms with Crippen LogP contribution in [-0.4, -0.2) is 61.4 Å². The summed E-state index contributed by atoms with van der Waals surface area (Å²) in [5.74, 6) is -0.0712. The molecule has 3 N–H and O–H groups in total. The van der Waals surface area contributed by atoms with Gasteiger partial charge in [-0.2, -0.15) is 0 Å². The fourth-order valence-electron chi connectivity index (χ4n) is 2.26. The average molecular weight is 363 g/mol. The molecule has 1 aromatic carbocycles. The minimum atomic E-state index is -0.226. The highest BCUT2D eigenvalue weighted by molar-refractivity contribution is 5.92. The molecule has 130 valence electrons. The van der Waals surface area contributed by atoms with Crippen LogP contribution in [0.2, 0.25) is 0 Å². The Morgan fingerprint density at radius 3 is 2.17 bits per heavy atom. The second-order valence-electron chi connectivity index (χ2n) is 5.31. The van der Waals surface area contributed by atoms with E-state index < -0.39 is 0 Å². The number of piperazine rings is 1. The Labute approximate surface area is 149 Å². The zero-order chi connectivity index (χ0) is 15.2. The number of likely N-dealkylation sites (N-methyl/N-ethyl adjacent to an activating group) is 1. The summed E-state index contributed by atoms with van der Waals surface area (Å²) in [5, 5.41) is 2.68. The smallest absolute Gasteiger partial charge is 0.238 e. The van der Waals surface area contributed by atoms with E-state index in [9.17, 15) is 9.59 Å². The summed E-state index contributed by atoms with van der Waals surface area (Å²) >= 11 is 0. The summed E-state index contributed by atoms with van der Waals surface area (Å²) in [4.78, 5) is 27.5. The summed E-state index contributed by atoms with van der Waals surface area (Å²) in [6.45, 7) is 3.40. The van der Waals surface area contributed by atoms with Gasteiger partial charge < -0.3 is 20.9 Å². The first-order valence-electron chi connectivity index (χ1n) is 7.13. The van der Waals surface area contributed by atoms with Gasteiger partial charge in [0.15, 0.2) is 0 Å². The third-order valence-corrected chi connectivity index (χ3v) is 3.63. The van der Waals surface area contributed by atoms with Crippen LogP contribution in [-0.2, 0) is 16.0 Å². The monoisotopic (exact) mass is 362 g/mol. The molecule has 0 aliphatic carbocycles. The van der Waals surface area contributed by atoms with E-state index in [0.29, 0.717) is 12.1 Å². The molecule has 0 unspecified atom stereocenters. The standard InChI is InChI=1S/C15H22N4O2.2ClH/c1-18-6-8-19(9-7-18)15(21)10-12-2-4-13(5-3-12)17-14(20)11-16;;/h2-5H,6-11,16H2,1H3,(H,17,20);2*1H. The van der Waals surface area contributed by atoms with Crippen molar-refractivity contribution in [3.05, 3.63) is 29.8 Å². The van der Waals surface area contributed by atoms with E-state index in [-0.39, 0.29) is 43.2 Å². The predicted molar refractivity (Wildman–Crippen MR) is 96.4 cm³/mol. The van der Waals surface area contributed by atoms with E-state index in [2.05, 4.69) is 17.3 Å². The number of nitrogens with zero attached hydrogens (tertiary/aromatic N) is 2. The van der Waals surface area contributed by atoms with Gasteiger partial charge in [0.1, 0.15) is 0 Å². The van der Waals surface area contributed by atoms with E-state index >= 15 is 0 Å². The highest BCUT2D eigenvalue weighted by Gasteiger charge is 2.18. The Morgan fingerprint density at radius 2 is 1.65 bits per heavy atom. The summed E-state index contributed by atoms with van der Waals surface area (Å²) in [6.07, 6.45) is 0.398. The third kappa shape index (κ3) is 6.74. The fraction of sp³-hybridized carbons (Fsp3) is 0.467. The maximum absolute atomic E-state index is 12.2. The highest BCUT2D eigenvalue weighted by atomic mass is 35.5. The van der Waals surface area contributed by atoms with Crippen molar-refractivity contribution in [3.8, 4) is 0 Å². The topological polar surface area (TPSA) is 78.7 Å². The Hall–Kier alpha value is -1.34. The van der Waals surface area contributed by atoms with E-state index in [1.165, 1.54) is 0 Å². The number of hydrogen-bond acceptors (Lipinski definition) is 4. The average Bonchev–Trinajstić information content (AvgIpc) is 2.49. The van der Waals surface area contributed by atoms with Gasteiger partial charge in [-0.05, 0) is 24.7 Å². The molecule has 8 heteroatoms. The van der Waals surface area contributed by atoms with Crippen LogP contribution in [0, 0.1) is 0 Å². The summed E-state index contributed by atoms with van der Waals surface area (Å²) in [7, 11) is 2.07. The molecule has 0 aromatic heterocycles. The van der Waals surface area contributed by atoms with Gasteiger partial charge in [-0.15, -0.1) is 24.8 Å². The van der Waals surface area contributed by atoms with Gasteiger partial charge in [-0.3, -0.25) is 9.59 Å².